The van der Waals surface area contributed by atoms with Gasteiger partial charge < -0.3 is 5.11 Å². The second-order valence-electron chi connectivity index (χ2n) is 4.04. The van der Waals surface area contributed by atoms with Gasteiger partial charge in [0.1, 0.15) is 6.04 Å². The molecule has 0 heterocycles. The van der Waals surface area contributed by atoms with E-state index in [4.69, 9.17) is 5.11 Å². The van der Waals surface area contributed by atoms with Gasteiger partial charge in [-0.25, -0.2) is 4.72 Å². The number of nitrogens with one attached hydrogen (secondary N) is 2. The number of carbonyl (C=O) groups is 1. The molecule has 7 heteroatoms. The van der Waals surface area contributed by atoms with Crippen LogP contribution in [0.3, 0.4) is 0 Å². The molecule has 0 spiro atoms. The third kappa shape index (κ3) is 6.76. The highest BCUT2D eigenvalue weighted by molar-refractivity contribution is 7.87. The van der Waals surface area contributed by atoms with Crippen molar-refractivity contribution in [1.82, 2.24) is 9.44 Å². The summed E-state index contributed by atoms with van der Waals surface area (Å²) in [5, 5.41) is 8.86. The van der Waals surface area contributed by atoms with Crippen molar-refractivity contribution in [3.63, 3.8) is 0 Å². The van der Waals surface area contributed by atoms with E-state index < -0.39 is 22.2 Å². The first-order chi connectivity index (χ1) is 7.28. The summed E-state index contributed by atoms with van der Waals surface area (Å²) in [6.07, 6.45) is 0.922. The lowest BCUT2D eigenvalue weighted by Crippen LogP contribution is -2.47. The molecule has 0 aliphatic heterocycles. The Kier molecular flexibility index (Phi) is 6.54. The van der Waals surface area contributed by atoms with E-state index in [9.17, 15) is 13.2 Å². The predicted molar refractivity (Wildman–Crippen MR) is 61.2 cm³/mol. The van der Waals surface area contributed by atoms with Crippen molar-refractivity contribution < 1.29 is 18.3 Å². The van der Waals surface area contributed by atoms with Gasteiger partial charge in [-0.2, -0.15) is 13.1 Å². The van der Waals surface area contributed by atoms with Crippen LogP contribution in [0.2, 0.25) is 0 Å². The quantitative estimate of drug-likeness (QED) is 0.579. The average Bonchev–Trinajstić information content (AvgIpc) is 2.12. The number of carboxylic acids is 1. The minimum absolute atomic E-state index is 0.106. The second-order valence-corrected chi connectivity index (χ2v) is 5.57. The van der Waals surface area contributed by atoms with E-state index in [0.717, 1.165) is 0 Å². The van der Waals surface area contributed by atoms with Gasteiger partial charge in [-0.1, -0.05) is 20.8 Å². The molecule has 0 rings (SSSR count). The maximum atomic E-state index is 11.4. The van der Waals surface area contributed by atoms with Gasteiger partial charge in [0.05, 0.1) is 0 Å². The lowest BCUT2D eigenvalue weighted by atomic mass is 10.1. The van der Waals surface area contributed by atoms with Crippen molar-refractivity contribution in [1.29, 1.82) is 0 Å². The standard InChI is InChI=1S/C9H20N2O4S/c1-4-5-10-16(14,15)11-8(9(12)13)6-7(2)3/h7-8,10-11H,4-6H2,1-3H3,(H,12,13). The molecule has 0 fully saturated rings. The molecule has 1 atom stereocenters. The van der Waals surface area contributed by atoms with Crippen molar-refractivity contribution in [3.8, 4) is 0 Å². The zero-order valence-corrected chi connectivity index (χ0v) is 10.7. The molecular weight excluding hydrogens is 232 g/mol. The smallest absolute Gasteiger partial charge is 0.321 e. The van der Waals surface area contributed by atoms with E-state index in [1.807, 2.05) is 20.8 Å². The van der Waals surface area contributed by atoms with Gasteiger partial charge >= 0.3 is 5.97 Å². The van der Waals surface area contributed by atoms with E-state index in [1.54, 1.807) is 0 Å². The summed E-state index contributed by atoms with van der Waals surface area (Å²) < 4.78 is 27.2. The van der Waals surface area contributed by atoms with Gasteiger partial charge in [0, 0.05) is 6.54 Å². The van der Waals surface area contributed by atoms with Crippen molar-refractivity contribution in [2.24, 2.45) is 5.92 Å². The normalized spacial score (nSPS) is 14.0. The number of carboxylic acid groups (broad SMARTS) is 1. The van der Waals surface area contributed by atoms with Crippen LogP contribution in [-0.4, -0.2) is 32.1 Å². The molecular formula is C9H20N2O4S. The van der Waals surface area contributed by atoms with Crippen molar-refractivity contribution >= 4 is 16.2 Å². The first-order valence-corrected chi connectivity index (χ1v) is 6.76. The number of hydrogen-bond acceptors (Lipinski definition) is 3. The minimum atomic E-state index is -3.71. The van der Waals surface area contributed by atoms with Gasteiger partial charge in [-0.05, 0) is 18.8 Å². The average molecular weight is 252 g/mol. The van der Waals surface area contributed by atoms with Crippen LogP contribution in [0.4, 0.5) is 0 Å². The molecule has 0 aromatic heterocycles. The first kappa shape index (κ1) is 15.3. The Balaban J connectivity index is 4.44. The van der Waals surface area contributed by atoms with Gasteiger partial charge in [0.2, 0.25) is 0 Å². The van der Waals surface area contributed by atoms with Crippen LogP contribution in [0.5, 0.6) is 0 Å². The minimum Gasteiger partial charge on any atom is -0.480 e. The molecule has 0 amide bonds. The SMILES string of the molecule is CCCNS(=O)(=O)NC(CC(C)C)C(=O)O. The lowest BCUT2D eigenvalue weighted by Gasteiger charge is -2.16. The van der Waals surface area contributed by atoms with Crippen LogP contribution < -0.4 is 9.44 Å². The summed E-state index contributed by atoms with van der Waals surface area (Å²) in [5.74, 6) is -1.05. The van der Waals surface area contributed by atoms with Gasteiger partial charge in [-0.3, -0.25) is 4.79 Å². The number of hydrogen-bond donors (Lipinski definition) is 3. The van der Waals surface area contributed by atoms with Crippen molar-refractivity contribution in [2.45, 2.75) is 39.7 Å². The molecule has 3 N–H and O–H groups in total. The molecule has 6 nitrogen and oxygen atoms in total. The summed E-state index contributed by atoms with van der Waals surface area (Å²) >= 11 is 0. The molecule has 1 unspecified atom stereocenters. The molecule has 0 aromatic carbocycles. The summed E-state index contributed by atoms with van der Waals surface area (Å²) in [6.45, 7) is 5.79. The van der Waals surface area contributed by atoms with E-state index >= 15 is 0 Å². The Morgan fingerprint density at radius 3 is 2.31 bits per heavy atom. The molecule has 96 valence electrons. The molecule has 0 bridgehead atoms. The summed E-state index contributed by atoms with van der Waals surface area (Å²) in [4.78, 5) is 10.8. The maximum Gasteiger partial charge on any atom is 0.321 e. The Bertz CT molecular complexity index is 313. The fraction of sp³-hybridized carbons (Fsp3) is 0.889. The van der Waals surface area contributed by atoms with Gasteiger partial charge in [0.25, 0.3) is 10.2 Å². The van der Waals surface area contributed by atoms with Gasteiger partial charge in [-0.15, -0.1) is 0 Å². The van der Waals surface area contributed by atoms with Crippen LogP contribution >= 0.6 is 0 Å². The Morgan fingerprint density at radius 2 is 1.94 bits per heavy atom. The first-order valence-electron chi connectivity index (χ1n) is 5.28. The van der Waals surface area contributed by atoms with E-state index in [1.165, 1.54) is 0 Å². The largest absolute Gasteiger partial charge is 0.480 e. The van der Waals surface area contributed by atoms with E-state index in [0.29, 0.717) is 13.0 Å². The highest BCUT2D eigenvalue weighted by atomic mass is 32.2. The number of rotatable bonds is 8. The maximum absolute atomic E-state index is 11.4. The zero-order valence-electron chi connectivity index (χ0n) is 9.86. The second kappa shape index (κ2) is 6.82. The highest BCUT2D eigenvalue weighted by Crippen LogP contribution is 2.05. The zero-order chi connectivity index (χ0) is 12.8. The van der Waals surface area contributed by atoms with Gasteiger partial charge in [0.15, 0.2) is 0 Å². The summed E-state index contributed by atoms with van der Waals surface area (Å²) in [6, 6.07) is -1.07. The summed E-state index contributed by atoms with van der Waals surface area (Å²) in [7, 11) is -3.71. The molecule has 0 aliphatic carbocycles. The Hall–Kier alpha value is -0.660. The van der Waals surface area contributed by atoms with E-state index in [-0.39, 0.29) is 12.3 Å². The predicted octanol–water partition coefficient (Wildman–Crippen LogP) is 0.320. The molecule has 0 aromatic rings. The van der Waals surface area contributed by atoms with Crippen LogP contribution in [0, 0.1) is 5.92 Å². The van der Waals surface area contributed by atoms with Crippen molar-refractivity contribution in [3.05, 3.63) is 0 Å². The topological polar surface area (TPSA) is 95.5 Å². The third-order valence-electron chi connectivity index (χ3n) is 1.84. The molecule has 0 saturated carbocycles. The Morgan fingerprint density at radius 1 is 1.38 bits per heavy atom. The van der Waals surface area contributed by atoms with Crippen LogP contribution in [0.1, 0.15) is 33.6 Å². The molecule has 0 radical (unpaired) electrons. The fourth-order valence-corrected chi connectivity index (χ4v) is 2.26. The van der Waals surface area contributed by atoms with Crippen LogP contribution in [0.15, 0.2) is 0 Å². The Labute approximate surface area is 96.6 Å². The monoisotopic (exact) mass is 252 g/mol. The lowest BCUT2D eigenvalue weighted by molar-refractivity contribution is -0.139. The van der Waals surface area contributed by atoms with Crippen LogP contribution in [-0.2, 0) is 15.0 Å². The summed E-state index contributed by atoms with van der Waals surface area (Å²) in [5.41, 5.74) is 0. The molecule has 16 heavy (non-hydrogen) atoms. The number of aliphatic carboxylic acids is 1. The molecule has 0 aliphatic rings. The highest BCUT2D eigenvalue weighted by Gasteiger charge is 2.24. The molecule has 0 saturated heterocycles. The van der Waals surface area contributed by atoms with E-state index in [2.05, 4.69) is 9.44 Å². The van der Waals surface area contributed by atoms with Crippen molar-refractivity contribution in [2.75, 3.05) is 6.54 Å². The third-order valence-corrected chi connectivity index (χ3v) is 3.02. The van der Waals surface area contributed by atoms with Crippen LogP contribution in [0.25, 0.3) is 0 Å². The fourth-order valence-electron chi connectivity index (χ4n) is 1.14.